The van der Waals surface area contributed by atoms with Crippen LogP contribution in [-0.4, -0.2) is 63.3 Å². The van der Waals surface area contributed by atoms with E-state index in [-0.39, 0.29) is 37.2 Å². The van der Waals surface area contributed by atoms with Gasteiger partial charge in [-0.25, -0.2) is 18.2 Å². The lowest BCUT2D eigenvalue weighted by molar-refractivity contribution is -0.133. The van der Waals surface area contributed by atoms with Gasteiger partial charge in [-0.2, -0.15) is 5.26 Å². The van der Waals surface area contributed by atoms with E-state index in [9.17, 15) is 32.8 Å². The minimum Gasteiger partial charge on any atom is -0.351 e. The Labute approximate surface area is 223 Å². The molecule has 10 nitrogen and oxygen atoms in total. The summed E-state index contributed by atoms with van der Waals surface area (Å²) in [5.41, 5.74) is 6.28. The monoisotopic (exact) mass is 555 g/mol. The molecule has 3 rings (SSSR count). The first-order chi connectivity index (χ1) is 17.6. The summed E-state index contributed by atoms with van der Waals surface area (Å²) in [5.74, 6) is -5.42. The summed E-state index contributed by atoms with van der Waals surface area (Å²) in [6.07, 6.45) is 3.62. The maximum absolute atomic E-state index is 14.3. The number of halogens is 4. The Bertz CT molecular complexity index is 1180. The van der Waals surface area contributed by atoms with E-state index in [1.165, 1.54) is 24.3 Å². The largest absolute Gasteiger partial charge is 0.351 e. The Hall–Kier alpha value is -3.63. The number of hydrogen-bond donors (Lipinski definition) is 4. The van der Waals surface area contributed by atoms with E-state index in [1.807, 2.05) is 6.07 Å². The van der Waals surface area contributed by atoms with Gasteiger partial charge in [0.05, 0.1) is 18.4 Å². The fourth-order valence-electron chi connectivity index (χ4n) is 4.13. The van der Waals surface area contributed by atoms with E-state index in [4.69, 9.17) is 5.73 Å². The highest BCUT2D eigenvalue weighted by atomic mass is 35.5. The Morgan fingerprint density at radius 2 is 1.89 bits per heavy atom. The van der Waals surface area contributed by atoms with Gasteiger partial charge in [-0.15, -0.1) is 12.4 Å². The molecule has 2 heterocycles. The summed E-state index contributed by atoms with van der Waals surface area (Å²) < 4.78 is 41.5. The number of H-pyrrole nitrogens is 1. The van der Waals surface area contributed by atoms with Crippen LogP contribution in [0.2, 0.25) is 0 Å². The summed E-state index contributed by atoms with van der Waals surface area (Å²) in [6, 6.07) is -0.583. The summed E-state index contributed by atoms with van der Waals surface area (Å²) in [6.45, 7) is 1.76. The predicted molar refractivity (Wildman–Crippen MR) is 132 cm³/mol. The third-order valence-electron chi connectivity index (χ3n) is 6.13. The number of aromatic amines is 1. The molecule has 38 heavy (non-hydrogen) atoms. The number of benzene rings is 1. The van der Waals surface area contributed by atoms with Crippen molar-refractivity contribution in [3.8, 4) is 6.07 Å². The lowest BCUT2D eigenvalue weighted by atomic mass is 10.0. The Morgan fingerprint density at radius 3 is 2.55 bits per heavy atom. The zero-order valence-electron chi connectivity index (χ0n) is 20.5. The van der Waals surface area contributed by atoms with Gasteiger partial charge in [0.25, 0.3) is 0 Å². The van der Waals surface area contributed by atoms with Gasteiger partial charge >= 0.3 is 0 Å². The lowest BCUT2D eigenvalue weighted by Crippen LogP contribution is -2.53. The topological polar surface area (TPSA) is 157 Å². The number of aromatic nitrogens is 2. The average molecular weight is 556 g/mol. The van der Waals surface area contributed by atoms with Gasteiger partial charge in [0.15, 0.2) is 11.6 Å². The highest BCUT2D eigenvalue weighted by molar-refractivity contribution is 5.90. The molecule has 3 amide bonds. The summed E-state index contributed by atoms with van der Waals surface area (Å²) in [5, 5.41) is 14.3. The maximum Gasteiger partial charge on any atom is 0.242 e. The molecule has 5 N–H and O–H groups in total. The third-order valence-corrected chi connectivity index (χ3v) is 6.13. The number of carbonyl (C=O) groups excluding carboxylic acids is 3. The van der Waals surface area contributed by atoms with Crippen molar-refractivity contribution in [2.45, 2.75) is 63.2 Å². The van der Waals surface area contributed by atoms with Gasteiger partial charge < -0.3 is 26.3 Å². The fourth-order valence-corrected chi connectivity index (χ4v) is 4.13. The number of carbonyl (C=O) groups is 3. The van der Waals surface area contributed by atoms with Crippen molar-refractivity contribution in [2.75, 3.05) is 6.54 Å². The second-order valence-electron chi connectivity index (χ2n) is 8.96. The molecular weight excluding hydrogens is 527 g/mol. The first kappa shape index (κ1) is 30.6. The van der Waals surface area contributed by atoms with E-state index < -0.39 is 59.3 Å². The van der Waals surface area contributed by atoms with Crippen LogP contribution >= 0.6 is 12.4 Å². The number of nitrogens with one attached hydrogen (secondary N) is 3. The molecular formula is C24H29ClF3N7O3. The van der Waals surface area contributed by atoms with Gasteiger partial charge in [-0.05, 0) is 37.8 Å². The Kier molecular flexibility index (Phi) is 11.1. The lowest BCUT2D eigenvalue weighted by Gasteiger charge is -2.26. The molecule has 14 heteroatoms. The summed E-state index contributed by atoms with van der Waals surface area (Å²) in [7, 11) is 0. The zero-order chi connectivity index (χ0) is 27.1. The number of nitriles is 1. The molecule has 0 spiro atoms. The normalized spacial score (nSPS) is 17.1. The minimum absolute atomic E-state index is 0. The molecule has 0 saturated carbocycles. The van der Waals surface area contributed by atoms with Crippen LogP contribution in [0.1, 0.15) is 37.4 Å². The van der Waals surface area contributed by atoms with Crippen molar-refractivity contribution in [3.63, 3.8) is 0 Å². The molecule has 4 atom stereocenters. The first-order valence-corrected chi connectivity index (χ1v) is 11.7. The van der Waals surface area contributed by atoms with Crippen LogP contribution in [0.25, 0.3) is 0 Å². The Morgan fingerprint density at radius 1 is 1.18 bits per heavy atom. The number of amides is 3. The van der Waals surface area contributed by atoms with E-state index >= 15 is 0 Å². The van der Waals surface area contributed by atoms with Crippen LogP contribution in [0.4, 0.5) is 13.2 Å². The molecule has 0 bridgehead atoms. The molecule has 0 aliphatic carbocycles. The van der Waals surface area contributed by atoms with E-state index in [0.29, 0.717) is 37.2 Å². The van der Waals surface area contributed by atoms with Crippen molar-refractivity contribution >= 4 is 30.1 Å². The minimum atomic E-state index is -1.37. The molecule has 0 radical (unpaired) electrons. The van der Waals surface area contributed by atoms with Crippen molar-refractivity contribution in [1.82, 2.24) is 25.5 Å². The quantitative estimate of drug-likeness (QED) is 0.323. The van der Waals surface area contributed by atoms with Crippen LogP contribution in [0.5, 0.6) is 0 Å². The van der Waals surface area contributed by atoms with E-state index in [0.717, 1.165) is 0 Å². The molecule has 3 unspecified atom stereocenters. The SMILES string of the molecule is CC(NC(=O)C(N)Cc1cnc[nH]1)C(=O)N[C@@H](CC(=O)N1CCCC1C#N)Cc1cc(F)c(F)cc1F.Cl. The summed E-state index contributed by atoms with van der Waals surface area (Å²) >= 11 is 0. The number of hydrogen-bond acceptors (Lipinski definition) is 6. The average Bonchev–Trinajstić information content (AvgIpc) is 3.54. The van der Waals surface area contributed by atoms with Crippen LogP contribution in [-0.2, 0) is 27.2 Å². The van der Waals surface area contributed by atoms with E-state index in [1.54, 1.807) is 0 Å². The zero-order valence-corrected chi connectivity index (χ0v) is 21.4. The van der Waals surface area contributed by atoms with Crippen LogP contribution in [0, 0.1) is 28.8 Å². The van der Waals surface area contributed by atoms with Gasteiger partial charge in [-0.3, -0.25) is 14.4 Å². The van der Waals surface area contributed by atoms with Gasteiger partial charge in [0.2, 0.25) is 17.7 Å². The van der Waals surface area contributed by atoms with Crippen LogP contribution in [0.3, 0.4) is 0 Å². The number of nitrogens with zero attached hydrogens (tertiary/aromatic N) is 3. The molecule has 1 aliphatic rings. The number of nitrogens with two attached hydrogens (primary N) is 1. The number of imidazole rings is 1. The molecule has 1 saturated heterocycles. The van der Waals surface area contributed by atoms with Crippen molar-refractivity contribution < 1.29 is 27.6 Å². The van der Waals surface area contributed by atoms with Gasteiger partial charge in [0, 0.05) is 43.4 Å². The smallest absolute Gasteiger partial charge is 0.242 e. The second-order valence-corrected chi connectivity index (χ2v) is 8.96. The summed E-state index contributed by atoms with van der Waals surface area (Å²) in [4.78, 5) is 46.2. The molecule has 1 aliphatic heterocycles. The Balaban J connectivity index is 0.00000507. The molecule has 1 aromatic heterocycles. The standard InChI is InChI=1S/C24H28F3N7O3.ClH/c1-13(32-24(37)21(29)7-16-11-30-12-31-16)23(36)33-15(5-14-6-19(26)20(27)9-18(14)25)8-22(35)34-4-2-3-17(34)10-28;/h6,9,11-13,15,17,21H,2-5,7-8,29H2,1H3,(H,30,31)(H,32,37)(H,33,36);1H/t13?,15-,17?,21?;/m1./s1. The second kappa shape index (κ2) is 13.8. The first-order valence-electron chi connectivity index (χ1n) is 11.7. The molecule has 1 aromatic carbocycles. The van der Waals surface area contributed by atoms with Crippen molar-refractivity contribution in [1.29, 1.82) is 5.26 Å². The van der Waals surface area contributed by atoms with Gasteiger partial charge in [-0.1, -0.05) is 0 Å². The van der Waals surface area contributed by atoms with Crippen LogP contribution < -0.4 is 16.4 Å². The number of likely N-dealkylation sites (tertiary alicyclic amines) is 1. The van der Waals surface area contributed by atoms with Gasteiger partial charge in [0.1, 0.15) is 17.9 Å². The van der Waals surface area contributed by atoms with Crippen molar-refractivity contribution in [2.24, 2.45) is 5.73 Å². The maximum atomic E-state index is 14.3. The molecule has 206 valence electrons. The van der Waals surface area contributed by atoms with Crippen LogP contribution in [0.15, 0.2) is 24.7 Å². The third kappa shape index (κ3) is 7.93. The highest BCUT2D eigenvalue weighted by Gasteiger charge is 2.31. The molecule has 2 aromatic rings. The number of rotatable bonds is 10. The molecule has 1 fully saturated rings. The fraction of sp³-hybridized carbons (Fsp3) is 0.458. The van der Waals surface area contributed by atoms with E-state index in [2.05, 4.69) is 20.6 Å². The van der Waals surface area contributed by atoms with Crippen molar-refractivity contribution in [3.05, 3.63) is 53.4 Å². The highest BCUT2D eigenvalue weighted by Crippen LogP contribution is 2.20. The predicted octanol–water partition coefficient (Wildman–Crippen LogP) is 1.26.